The number of aromatic nitrogens is 1. The minimum absolute atomic E-state index is 0.350. The first-order valence-electron chi connectivity index (χ1n) is 9.42. The standard InChI is InChI=1S/C20H25N3O2S/c1-22(13-18-21-7-10-26-18)17-11-20(17)5-8-23(9-6-20)12-15-3-2-4-16-19(15)25-14-24-16/h2-4,7,10,17H,5-6,8-9,11-14H2,1H3/t17-/m1/s1. The van der Waals surface area contributed by atoms with Gasteiger partial charge in [-0.1, -0.05) is 12.1 Å². The fourth-order valence-electron chi connectivity index (χ4n) is 4.65. The molecule has 0 radical (unpaired) electrons. The van der Waals surface area contributed by atoms with Gasteiger partial charge in [0.05, 0.1) is 6.54 Å². The highest BCUT2D eigenvalue weighted by molar-refractivity contribution is 7.09. The number of thiazole rings is 1. The highest BCUT2D eigenvalue weighted by Crippen LogP contribution is 2.56. The van der Waals surface area contributed by atoms with Crippen LogP contribution in [0.5, 0.6) is 11.5 Å². The summed E-state index contributed by atoms with van der Waals surface area (Å²) in [6, 6.07) is 6.95. The van der Waals surface area contributed by atoms with Gasteiger partial charge in [0.1, 0.15) is 5.01 Å². The van der Waals surface area contributed by atoms with Gasteiger partial charge in [-0.15, -0.1) is 11.3 Å². The van der Waals surface area contributed by atoms with Gasteiger partial charge in [0, 0.05) is 29.7 Å². The van der Waals surface area contributed by atoms with E-state index in [1.54, 1.807) is 11.3 Å². The highest BCUT2D eigenvalue weighted by Gasteiger charge is 2.56. The highest BCUT2D eigenvalue weighted by atomic mass is 32.1. The topological polar surface area (TPSA) is 37.8 Å². The molecule has 1 aliphatic carbocycles. The molecule has 3 heterocycles. The molecule has 2 aromatic rings. The van der Waals surface area contributed by atoms with Crippen LogP contribution in [0.15, 0.2) is 29.8 Å². The molecule has 1 saturated carbocycles. The van der Waals surface area contributed by atoms with Crippen molar-refractivity contribution in [1.29, 1.82) is 0 Å². The fraction of sp³-hybridized carbons (Fsp3) is 0.550. The maximum Gasteiger partial charge on any atom is 0.231 e. The molecule has 0 bridgehead atoms. The van der Waals surface area contributed by atoms with Crippen molar-refractivity contribution in [1.82, 2.24) is 14.8 Å². The summed E-state index contributed by atoms with van der Waals surface area (Å²) >= 11 is 1.76. The van der Waals surface area contributed by atoms with Crippen LogP contribution in [0.3, 0.4) is 0 Å². The lowest BCUT2D eigenvalue weighted by atomic mass is 9.92. The van der Waals surface area contributed by atoms with E-state index >= 15 is 0 Å². The molecule has 138 valence electrons. The summed E-state index contributed by atoms with van der Waals surface area (Å²) in [5.74, 6) is 1.84. The van der Waals surface area contributed by atoms with Gasteiger partial charge >= 0.3 is 0 Å². The van der Waals surface area contributed by atoms with E-state index < -0.39 is 0 Å². The zero-order valence-electron chi connectivity index (χ0n) is 15.2. The fourth-order valence-corrected chi connectivity index (χ4v) is 5.33. The number of hydrogen-bond donors (Lipinski definition) is 0. The molecule has 2 fully saturated rings. The minimum atomic E-state index is 0.350. The summed E-state index contributed by atoms with van der Waals surface area (Å²) in [4.78, 5) is 9.52. The molecule has 1 aromatic heterocycles. The summed E-state index contributed by atoms with van der Waals surface area (Å²) in [6.07, 6.45) is 5.85. The van der Waals surface area contributed by atoms with Crippen molar-refractivity contribution in [2.75, 3.05) is 26.9 Å². The van der Waals surface area contributed by atoms with Crippen molar-refractivity contribution in [3.05, 3.63) is 40.3 Å². The second-order valence-corrected chi connectivity index (χ2v) is 8.83. The van der Waals surface area contributed by atoms with Crippen molar-refractivity contribution in [3.63, 3.8) is 0 Å². The predicted molar refractivity (Wildman–Crippen MR) is 101 cm³/mol. The molecular weight excluding hydrogens is 346 g/mol. The number of likely N-dealkylation sites (tertiary alicyclic amines) is 1. The van der Waals surface area contributed by atoms with Crippen LogP contribution in [0.2, 0.25) is 0 Å². The first-order valence-corrected chi connectivity index (χ1v) is 10.3. The number of fused-ring (bicyclic) bond motifs is 1. The Kier molecular flexibility index (Phi) is 4.14. The Morgan fingerprint density at radius 2 is 2.19 bits per heavy atom. The summed E-state index contributed by atoms with van der Waals surface area (Å²) < 4.78 is 11.2. The lowest BCUT2D eigenvalue weighted by Gasteiger charge is -2.34. The van der Waals surface area contributed by atoms with Crippen molar-refractivity contribution in [3.8, 4) is 11.5 Å². The van der Waals surface area contributed by atoms with Gasteiger partial charge in [-0.25, -0.2) is 4.98 Å². The van der Waals surface area contributed by atoms with Crippen LogP contribution < -0.4 is 9.47 Å². The van der Waals surface area contributed by atoms with Crippen molar-refractivity contribution in [2.45, 2.75) is 38.4 Å². The third-order valence-electron chi connectivity index (χ3n) is 6.27. The second kappa shape index (κ2) is 6.51. The van der Waals surface area contributed by atoms with Crippen molar-refractivity contribution >= 4 is 11.3 Å². The SMILES string of the molecule is CN(Cc1nccs1)[C@@H]1CC12CCN(Cc1cccc3c1OCO3)CC2. The Hall–Kier alpha value is -1.63. The van der Waals surface area contributed by atoms with Gasteiger partial charge in [-0.2, -0.15) is 0 Å². The number of nitrogens with zero attached hydrogens (tertiary/aromatic N) is 3. The number of benzene rings is 1. The quantitative estimate of drug-likeness (QED) is 0.806. The second-order valence-electron chi connectivity index (χ2n) is 7.85. The average molecular weight is 372 g/mol. The van der Waals surface area contributed by atoms with Gasteiger partial charge in [0.2, 0.25) is 6.79 Å². The van der Waals surface area contributed by atoms with E-state index in [0.717, 1.165) is 30.6 Å². The molecule has 26 heavy (non-hydrogen) atoms. The van der Waals surface area contributed by atoms with Crippen LogP contribution in [0.1, 0.15) is 29.8 Å². The van der Waals surface area contributed by atoms with E-state index in [2.05, 4.69) is 39.3 Å². The molecule has 5 nitrogen and oxygen atoms in total. The Morgan fingerprint density at radius 1 is 1.31 bits per heavy atom. The molecule has 5 rings (SSSR count). The number of para-hydroxylation sites is 1. The largest absolute Gasteiger partial charge is 0.454 e. The molecule has 6 heteroatoms. The predicted octanol–water partition coefficient (Wildman–Crippen LogP) is 3.36. The molecule has 1 aromatic carbocycles. The number of piperidine rings is 1. The third-order valence-corrected chi connectivity index (χ3v) is 7.04. The first-order chi connectivity index (χ1) is 12.7. The normalized spacial score (nSPS) is 23.7. The van der Waals surface area contributed by atoms with Crippen molar-refractivity contribution in [2.24, 2.45) is 5.41 Å². The molecule has 0 N–H and O–H groups in total. The lowest BCUT2D eigenvalue weighted by molar-refractivity contribution is 0.137. The summed E-state index contributed by atoms with van der Waals surface area (Å²) in [5, 5.41) is 3.30. The number of ether oxygens (including phenoxy) is 2. The number of hydrogen-bond acceptors (Lipinski definition) is 6. The zero-order chi connectivity index (χ0) is 17.6. The van der Waals surface area contributed by atoms with Crippen LogP contribution in [0.4, 0.5) is 0 Å². The van der Waals surface area contributed by atoms with E-state index in [9.17, 15) is 0 Å². The van der Waals surface area contributed by atoms with Crippen molar-refractivity contribution < 1.29 is 9.47 Å². The Bertz CT molecular complexity index is 771. The summed E-state index contributed by atoms with van der Waals surface area (Å²) in [7, 11) is 2.26. The van der Waals surface area contributed by atoms with Crippen LogP contribution >= 0.6 is 11.3 Å². The lowest BCUT2D eigenvalue weighted by Crippen LogP contribution is -2.37. The molecular formula is C20H25N3O2S. The molecule has 2 aliphatic heterocycles. The minimum Gasteiger partial charge on any atom is -0.454 e. The van der Waals surface area contributed by atoms with Gasteiger partial charge < -0.3 is 9.47 Å². The van der Waals surface area contributed by atoms with Gasteiger partial charge in [0.15, 0.2) is 11.5 Å². The maximum absolute atomic E-state index is 5.66. The zero-order valence-corrected chi connectivity index (χ0v) is 16.0. The maximum atomic E-state index is 5.66. The Labute approximate surface area is 158 Å². The van der Waals surface area contributed by atoms with Crippen LogP contribution in [0.25, 0.3) is 0 Å². The van der Waals surface area contributed by atoms with Crippen LogP contribution in [-0.4, -0.2) is 47.8 Å². The van der Waals surface area contributed by atoms with E-state index in [1.165, 1.54) is 42.9 Å². The molecule has 3 aliphatic rings. The monoisotopic (exact) mass is 371 g/mol. The van der Waals surface area contributed by atoms with E-state index in [1.807, 2.05) is 12.3 Å². The number of rotatable bonds is 5. The van der Waals surface area contributed by atoms with E-state index in [0.29, 0.717) is 12.2 Å². The summed E-state index contributed by atoms with van der Waals surface area (Å²) in [6.45, 7) is 4.64. The van der Waals surface area contributed by atoms with Gasteiger partial charge in [-0.05, 0) is 50.9 Å². The smallest absolute Gasteiger partial charge is 0.231 e. The summed E-state index contributed by atoms with van der Waals surface area (Å²) in [5.41, 5.74) is 1.80. The van der Waals surface area contributed by atoms with E-state index in [4.69, 9.17) is 9.47 Å². The molecule has 0 unspecified atom stereocenters. The van der Waals surface area contributed by atoms with Gasteiger partial charge in [0.25, 0.3) is 0 Å². The average Bonchev–Trinajstić information content (AvgIpc) is 3.03. The Morgan fingerprint density at radius 3 is 3.00 bits per heavy atom. The first kappa shape index (κ1) is 16.5. The van der Waals surface area contributed by atoms with Crippen LogP contribution in [0, 0.1) is 5.41 Å². The third kappa shape index (κ3) is 3.00. The molecule has 1 spiro atoms. The molecule has 0 amide bonds. The molecule has 1 saturated heterocycles. The van der Waals surface area contributed by atoms with E-state index in [-0.39, 0.29) is 0 Å². The Balaban J connectivity index is 1.17. The van der Waals surface area contributed by atoms with Crippen LogP contribution in [-0.2, 0) is 13.1 Å². The van der Waals surface area contributed by atoms with Gasteiger partial charge in [-0.3, -0.25) is 9.80 Å². The molecule has 1 atom stereocenters.